The van der Waals surface area contributed by atoms with Crippen molar-refractivity contribution in [2.45, 2.75) is 37.6 Å². The van der Waals surface area contributed by atoms with Crippen molar-refractivity contribution >= 4 is 23.4 Å². The summed E-state index contributed by atoms with van der Waals surface area (Å²) < 4.78 is 0. The molecular formula is C14H20N2OS. The van der Waals surface area contributed by atoms with Crippen LogP contribution in [0.25, 0.3) is 0 Å². The zero-order chi connectivity index (χ0) is 13.3. The van der Waals surface area contributed by atoms with Crippen LogP contribution in [0.2, 0.25) is 0 Å². The number of rotatable bonds is 3. The molecule has 0 fully saturated rings. The SMILES string of the molecule is CC(=O)N1CCc2cc(SCC(C)(C)N)ccc21. The van der Waals surface area contributed by atoms with Gasteiger partial charge in [-0.2, -0.15) is 0 Å². The van der Waals surface area contributed by atoms with Crippen LogP contribution in [-0.4, -0.2) is 23.7 Å². The minimum atomic E-state index is -0.158. The fourth-order valence-corrected chi connectivity index (χ4v) is 2.99. The number of amides is 1. The summed E-state index contributed by atoms with van der Waals surface area (Å²) in [5.41, 5.74) is 8.16. The molecule has 2 N–H and O–H groups in total. The van der Waals surface area contributed by atoms with E-state index in [9.17, 15) is 4.79 Å². The van der Waals surface area contributed by atoms with Gasteiger partial charge in [0.15, 0.2) is 0 Å². The van der Waals surface area contributed by atoms with E-state index in [0.29, 0.717) is 0 Å². The molecule has 0 saturated heterocycles. The van der Waals surface area contributed by atoms with Crippen LogP contribution in [0.15, 0.2) is 23.1 Å². The molecule has 0 atom stereocenters. The maximum absolute atomic E-state index is 11.5. The summed E-state index contributed by atoms with van der Waals surface area (Å²) in [5, 5.41) is 0. The number of carbonyl (C=O) groups excluding carboxylic acids is 1. The molecule has 0 aliphatic carbocycles. The van der Waals surface area contributed by atoms with Gasteiger partial charge in [-0.3, -0.25) is 4.79 Å². The van der Waals surface area contributed by atoms with Crippen LogP contribution >= 0.6 is 11.8 Å². The number of thioether (sulfide) groups is 1. The summed E-state index contributed by atoms with van der Waals surface area (Å²) in [6, 6.07) is 6.32. The van der Waals surface area contributed by atoms with E-state index in [2.05, 4.69) is 18.2 Å². The van der Waals surface area contributed by atoms with Crippen molar-refractivity contribution in [2.24, 2.45) is 5.73 Å². The Morgan fingerprint density at radius 1 is 1.50 bits per heavy atom. The molecule has 1 heterocycles. The molecule has 0 spiro atoms. The third-order valence-electron chi connectivity index (χ3n) is 2.94. The molecule has 2 rings (SSSR count). The van der Waals surface area contributed by atoms with E-state index in [0.717, 1.165) is 24.4 Å². The first-order valence-electron chi connectivity index (χ1n) is 6.19. The molecule has 98 valence electrons. The second kappa shape index (κ2) is 4.94. The molecule has 0 unspecified atom stereocenters. The number of anilines is 1. The van der Waals surface area contributed by atoms with E-state index < -0.39 is 0 Å². The molecular weight excluding hydrogens is 244 g/mol. The van der Waals surface area contributed by atoms with Crippen LogP contribution in [0, 0.1) is 0 Å². The van der Waals surface area contributed by atoms with Crippen molar-refractivity contribution in [1.82, 2.24) is 0 Å². The standard InChI is InChI=1S/C14H20N2OS/c1-10(17)16-7-6-11-8-12(4-5-13(11)16)18-9-14(2,3)15/h4-5,8H,6-7,9,15H2,1-3H3. The Labute approximate surface area is 113 Å². The average Bonchev–Trinajstić information content (AvgIpc) is 2.68. The van der Waals surface area contributed by atoms with Crippen molar-refractivity contribution in [3.63, 3.8) is 0 Å². The van der Waals surface area contributed by atoms with Gasteiger partial charge in [0.05, 0.1) is 0 Å². The van der Waals surface area contributed by atoms with Gasteiger partial charge in [0.25, 0.3) is 0 Å². The Kier molecular flexibility index (Phi) is 3.69. The Bertz CT molecular complexity index is 465. The van der Waals surface area contributed by atoms with Crippen LogP contribution in [0.1, 0.15) is 26.3 Å². The highest BCUT2D eigenvalue weighted by atomic mass is 32.2. The average molecular weight is 264 g/mol. The molecule has 1 aromatic rings. The van der Waals surface area contributed by atoms with E-state index in [1.807, 2.05) is 18.7 Å². The lowest BCUT2D eigenvalue weighted by Gasteiger charge is -2.18. The van der Waals surface area contributed by atoms with Gasteiger partial charge in [0.2, 0.25) is 5.91 Å². The Morgan fingerprint density at radius 2 is 2.22 bits per heavy atom. The van der Waals surface area contributed by atoms with Gasteiger partial charge in [0, 0.05) is 35.3 Å². The van der Waals surface area contributed by atoms with Gasteiger partial charge in [0.1, 0.15) is 0 Å². The topological polar surface area (TPSA) is 46.3 Å². The van der Waals surface area contributed by atoms with Crippen molar-refractivity contribution < 1.29 is 4.79 Å². The van der Waals surface area contributed by atoms with Gasteiger partial charge < -0.3 is 10.6 Å². The largest absolute Gasteiger partial charge is 0.325 e. The summed E-state index contributed by atoms with van der Waals surface area (Å²) in [7, 11) is 0. The minimum absolute atomic E-state index is 0.122. The lowest BCUT2D eigenvalue weighted by Crippen LogP contribution is -2.34. The van der Waals surface area contributed by atoms with E-state index >= 15 is 0 Å². The first kappa shape index (κ1) is 13.4. The van der Waals surface area contributed by atoms with Gasteiger partial charge >= 0.3 is 0 Å². The van der Waals surface area contributed by atoms with Gasteiger partial charge in [-0.15, -0.1) is 11.8 Å². The Morgan fingerprint density at radius 3 is 2.83 bits per heavy atom. The van der Waals surface area contributed by atoms with Crippen LogP contribution in [0.4, 0.5) is 5.69 Å². The Balaban J connectivity index is 2.12. The Hall–Kier alpha value is -1.00. The molecule has 3 nitrogen and oxygen atoms in total. The molecule has 1 amide bonds. The molecule has 0 bridgehead atoms. The summed E-state index contributed by atoms with van der Waals surface area (Å²) in [6.07, 6.45) is 0.954. The second-order valence-corrected chi connectivity index (χ2v) is 6.54. The fourth-order valence-electron chi connectivity index (χ4n) is 2.06. The quantitative estimate of drug-likeness (QED) is 0.853. The highest BCUT2D eigenvalue weighted by Crippen LogP contribution is 2.32. The minimum Gasteiger partial charge on any atom is -0.325 e. The molecule has 0 saturated carbocycles. The number of nitrogens with two attached hydrogens (primary N) is 1. The van der Waals surface area contributed by atoms with Crippen molar-refractivity contribution in [1.29, 1.82) is 0 Å². The first-order chi connectivity index (χ1) is 8.37. The van der Waals surface area contributed by atoms with Gasteiger partial charge in [-0.25, -0.2) is 0 Å². The second-order valence-electron chi connectivity index (χ2n) is 5.49. The van der Waals surface area contributed by atoms with Crippen molar-refractivity contribution in [3.05, 3.63) is 23.8 Å². The number of nitrogens with zero attached hydrogens (tertiary/aromatic N) is 1. The van der Waals surface area contributed by atoms with Crippen molar-refractivity contribution in [3.8, 4) is 0 Å². The number of hydrogen-bond acceptors (Lipinski definition) is 3. The van der Waals surface area contributed by atoms with E-state index in [1.165, 1.54) is 10.5 Å². The summed E-state index contributed by atoms with van der Waals surface area (Å²) >= 11 is 1.77. The highest BCUT2D eigenvalue weighted by molar-refractivity contribution is 7.99. The normalized spacial score (nSPS) is 14.8. The van der Waals surface area contributed by atoms with Gasteiger partial charge in [-0.1, -0.05) is 0 Å². The number of carbonyl (C=O) groups is 1. The van der Waals surface area contributed by atoms with Crippen LogP contribution in [-0.2, 0) is 11.2 Å². The monoisotopic (exact) mass is 264 g/mol. The van der Waals surface area contributed by atoms with Crippen LogP contribution in [0.5, 0.6) is 0 Å². The molecule has 0 aromatic heterocycles. The highest BCUT2D eigenvalue weighted by Gasteiger charge is 2.22. The molecule has 1 aliphatic rings. The zero-order valence-electron chi connectivity index (χ0n) is 11.2. The van der Waals surface area contributed by atoms with Gasteiger partial charge in [-0.05, 0) is 44.0 Å². The maximum Gasteiger partial charge on any atom is 0.223 e. The lowest BCUT2D eigenvalue weighted by atomic mass is 10.1. The third kappa shape index (κ3) is 3.06. The molecule has 1 aliphatic heterocycles. The van der Waals surface area contributed by atoms with Crippen LogP contribution < -0.4 is 10.6 Å². The lowest BCUT2D eigenvalue weighted by molar-refractivity contribution is -0.116. The molecule has 0 radical (unpaired) electrons. The smallest absolute Gasteiger partial charge is 0.223 e. The molecule has 4 heteroatoms. The van der Waals surface area contributed by atoms with E-state index in [4.69, 9.17) is 5.73 Å². The number of benzene rings is 1. The summed E-state index contributed by atoms with van der Waals surface area (Å²) in [5.74, 6) is 1.01. The molecule has 18 heavy (non-hydrogen) atoms. The first-order valence-corrected chi connectivity index (χ1v) is 7.18. The number of hydrogen-bond donors (Lipinski definition) is 1. The number of fused-ring (bicyclic) bond motifs is 1. The third-order valence-corrected chi connectivity index (χ3v) is 4.41. The van der Waals surface area contributed by atoms with E-state index in [1.54, 1.807) is 18.7 Å². The van der Waals surface area contributed by atoms with Crippen molar-refractivity contribution in [2.75, 3.05) is 17.2 Å². The zero-order valence-corrected chi connectivity index (χ0v) is 12.0. The predicted octanol–water partition coefficient (Wildman–Crippen LogP) is 2.43. The summed E-state index contributed by atoms with van der Waals surface area (Å²) in [6.45, 7) is 6.49. The predicted molar refractivity (Wildman–Crippen MR) is 77.2 cm³/mol. The van der Waals surface area contributed by atoms with E-state index in [-0.39, 0.29) is 11.4 Å². The summed E-state index contributed by atoms with van der Waals surface area (Å²) in [4.78, 5) is 14.5. The fraction of sp³-hybridized carbons (Fsp3) is 0.500. The maximum atomic E-state index is 11.5. The molecule has 1 aromatic carbocycles. The van der Waals surface area contributed by atoms with Crippen LogP contribution in [0.3, 0.4) is 0 Å².